The Morgan fingerprint density at radius 2 is 1.79 bits per heavy atom. The monoisotopic (exact) mass is 626 g/mol. The van der Waals surface area contributed by atoms with Crippen LogP contribution in [0.1, 0.15) is 26.3 Å². The van der Waals surface area contributed by atoms with E-state index < -0.39 is 33.8 Å². The van der Waals surface area contributed by atoms with Gasteiger partial charge in [-0.1, -0.05) is 0 Å². The minimum absolute atomic E-state index is 0.0641. The summed E-state index contributed by atoms with van der Waals surface area (Å²) in [7, 11) is -4.29. The molecule has 14 heteroatoms. The van der Waals surface area contributed by atoms with E-state index in [4.69, 9.17) is 13.7 Å². The van der Waals surface area contributed by atoms with Crippen molar-refractivity contribution in [2.75, 3.05) is 25.1 Å². The quantitative estimate of drug-likeness (QED) is 0.231. The molecule has 38 heavy (non-hydrogen) atoms. The van der Waals surface area contributed by atoms with Crippen LogP contribution in [-0.2, 0) is 29.2 Å². The molecule has 11 nitrogen and oxygen atoms in total. The second-order valence-electron chi connectivity index (χ2n) is 7.58. The first kappa shape index (κ1) is 29.2. The van der Waals surface area contributed by atoms with Crippen molar-refractivity contribution in [1.29, 1.82) is 0 Å². The van der Waals surface area contributed by atoms with E-state index in [1.54, 1.807) is 13.8 Å². The average molecular weight is 627 g/mol. The summed E-state index contributed by atoms with van der Waals surface area (Å²) >= 11 is 3.95. The second kappa shape index (κ2) is 12.5. The highest BCUT2D eigenvalue weighted by atomic mass is 79.9. The van der Waals surface area contributed by atoms with Crippen LogP contribution in [0.15, 0.2) is 50.7 Å². The SMILES string of the molecule is CCOC(=O)CN1C(=O)S/C(=C\c2cc(Br)c(OS(=O)(=O)c3ccc(NC(C)=O)cc3)c(OCC)c2)C1=O. The first-order valence-electron chi connectivity index (χ1n) is 11.1. The molecule has 0 radical (unpaired) electrons. The maximum atomic E-state index is 12.9. The number of nitrogens with zero attached hydrogens (tertiary/aromatic N) is 1. The second-order valence-corrected chi connectivity index (χ2v) is 11.0. The van der Waals surface area contributed by atoms with Gasteiger partial charge in [0.15, 0.2) is 11.5 Å². The molecule has 2 aromatic rings. The van der Waals surface area contributed by atoms with Crippen LogP contribution in [0.25, 0.3) is 6.08 Å². The fourth-order valence-electron chi connectivity index (χ4n) is 3.20. The molecule has 202 valence electrons. The summed E-state index contributed by atoms with van der Waals surface area (Å²) < 4.78 is 41.8. The van der Waals surface area contributed by atoms with Gasteiger partial charge in [-0.3, -0.25) is 24.1 Å². The van der Waals surface area contributed by atoms with Gasteiger partial charge in [0, 0.05) is 12.6 Å². The lowest BCUT2D eigenvalue weighted by Crippen LogP contribution is -2.34. The van der Waals surface area contributed by atoms with Crippen molar-refractivity contribution < 1.29 is 41.3 Å². The van der Waals surface area contributed by atoms with Gasteiger partial charge in [0.05, 0.1) is 22.6 Å². The molecule has 0 bridgehead atoms. The normalized spacial score (nSPS) is 14.5. The maximum Gasteiger partial charge on any atom is 0.339 e. The molecule has 1 heterocycles. The van der Waals surface area contributed by atoms with Crippen LogP contribution in [0.3, 0.4) is 0 Å². The fourth-order valence-corrected chi connectivity index (χ4v) is 5.65. The minimum Gasteiger partial charge on any atom is -0.490 e. The highest BCUT2D eigenvalue weighted by Gasteiger charge is 2.36. The van der Waals surface area contributed by atoms with E-state index in [-0.39, 0.29) is 44.9 Å². The lowest BCUT2D eigenvalue weighted by atomic mass is 10.2. The van der Waals surface area contributed by atoms with E-state index in [1.807, 2.05) is 0 Å². The Morgan fingerprint density at radius 3 is 2.39 bits per heavy atom. The van der Waals surface area contributed by atoms with E-state index in [0.717, 1.165) is 4.90 Å². The number of ether oxygens (including phenoxy) is 2. The van der Waals surface area contributed by atoms with Gasteiger partial charge in [0.2, 0.25) is 5.91 Å². The van der Waals surface area contributed by atoms with Crippen molar-refractivity contribution >= 4 is 72.6 Å². The molecule has 1 saturated heterocycles. The van der Waals surface area contributed by atoms with Gasteiger partial charge < -0.3 is 19.0 Å². The van der Waals surface area contributed by atoms with Gasteiger partial charge in [-0.05, 0) is 89.6 Å². The number of anilines is 1. The topological polar surface area (TPSA) is 145 Å². The number of amides is 3. The third-order valence-corrected chi connectivity index (χ3v) is 7.48. The molecule has 3 amide bonds. The third-order valence-electron chi connectivity index (χ3n) is 4.75. The molecule has 0 spiro atoms. The predicted molar refractivity (Wildman–Crippen MR) is 143 cm³/mol. The predicted octanol–water partition coefficient (Wildman–Crippen LogP) is 4.17. The molecule has 0 saturated carbocycles. The summed E-state index contributed by atoms with van der Waals surface area (Å²) in [5, 5.41) is 1.93. The zero-order chi connectivity index (χ0) is 28.0. The lowest BCUT2D eigenvalue weighted by molar-refractivity contribution is -0.146. The van der Waals surface area contributed by atoms with Gasteiger partial charge in [-0.25, -0.2) is 0 Å². The first-order valence-corrected chi connectivity index (χ1v) is 14.2. The summed E-state index contributed by atoms with van der Waals surface area (Å²) in [6.07, 6.45) is 1.42. The number of hydrogen-bond acceptors (Lipinski definition) is 10. The summed E-state index contributed by atoms with van der Waals surface area (Å²) in [6, 6.07) is 8.37. The lowest BCUT2D eigenvalue weighted by Gasteiger charge is -2.15. The zero-order valence-electron chi connectivity index (χ0n) is 20.5. The first-order chi connectivity index (χ1) is 17.9. The zero-order valence-corrected chi connectivity index (χ0v) is 23.7. The number of rotatable bonds is 10. The molecule has 1 aliphatic rings. The van der Waals surface area contributed by atoms with Crippen molar-refractivity contribution in [1.82, 2.24) is 4.90 Å². The molecular formula is C24H23BrN2O9S2. The Labute approximate surface area is 231 Å². The fraction of sp³-hybridized carbons (Fsp3) is 0.250. The number of esters is 1. The summed E-state index contributed by atoms with van der Waals surface area (Å²) in [5.74, 6) is -1.72. The van der Waals surface area contributed by atoms with E-state index in [2.05, 4.69) is 21.2 Å². The number of hydrogen-bond donors (Lipinski definition) is 1. The molecule has 1 aliphatic heterocycles. The number of halogens is 1. The van der Waals surface area contributed by atoms with Crippen LogP contribution < -0.4 is 14.2 Å². The Morgan fingerprint density at radius 1 is 1.11 bits per heavy atom. The van der Waals surface area contributed by atoms with Gasteiger partial charge in [0.25, 0.3) is 11.1 Å². The largest absolute Gasteiger partial charge is 0.490 e. The average Bonchev–Trinajstić information content (AvgIpc) is 3.09. The van der Waals surface area contributed by atoms with Crippen molar-refractivity contribution in [2.45, 2.75) is 25.7 Å². The van der Waals surface area contributed by atoms with Crippen LogP contribution in [0, 0.1) is 0 Å². The van der Waals surface area contributed by atoms with Crippen molar-refractivity contribution in [3.05, 3.63) is 51.3 Å². The highest BCUT2D eigenvalue weighted by Crippen LogP contribution is 2.40. The Balaban J connectivity index is 1.88. The number of benzene rings is 2. The Kier molecular flexibility index (Phi) is 9.57. The molecular weight excluding hydrogens is 604 g/mol. The summed E-state index contributed by atoms with van der Waals surface area (Å²) in [4.78, 5) is 48.6. The molecule has 1 N–H and O–H groups in total. The standard InChI is InChI=1S/C24H23BrN2O9S2/c1-4-34-19-11-15(12-20-23(30)27(24(31)37-20)13-21(29)35-5-2)10-18(25)22(19)36-38(32,33)17-8-6-16(7-9-17)26-14(3)28/h6-12H,4-5,13H2,1-3H3,(H,26,28)/b20-12-. The molecule has 0 aliphatic carbocycles. The van der Waals surface area contributed by atoms with E-state index in [1.165, 1.54) is 49.4 Å². The molecule has 2 aromatic carbocycles. The minimum atomic E-state index is -4.29. The van der Waals surface area contributed by atoms with E-state index in [0.29, 0.717) is 23.0 Å². The Bertz CT molecular complexity index is 1410. The number of imide groups is 1. The number of carbonyl (C=O) groups is 4. The van der Waals surface area contributed by atoms with Crippen LogP contribution >= 0.6 is 27.7 Å². The third kappa shape index (κ3) is 7.14. The smallest absolute Gasteiger partial charge is 0.339 e. The molecule has 0 unspecified atom stereocenters. The maximum absolute atomic E-state index is 12.9. The van der Waals surface area contributed by atoms with Crippen molar-refractivity contribution in [2.24, 2.45) is 0 Å². The molecule has 1 fully saturated rings. The number of carbonyl (C=O) groups excluding carboxylic acids is 4. The van der Waals surface area contributed by atoms with E-state index in [9.17, 15) is 27.6 Å². The van der Waals surface area contributed by atoms with Crippen LogP contribution in [0.4, 0.5) is 10.5 Å². The van der Waals surface area contributed by atoms with Gasteiger partial charge in [-0.15, -0.1) is 0 Å². The molecule has 0 aromatic heterocycles. The van der Waals surface area contributed by atoms with Crippen molar-refractivity contribution in [3.8, 4) is 11.5 Å². The molecule has 3 rings (SSSR count). The number of nitrogens with one attached hydrogen (secondary N) is 1. The number of thioether (sulfide) groups is 1. The molecule has 0 atom stereocenters. The van der Waals surface area contributed by atoms with Crippen LogP contribution in [-0.4, -0.2) is 56.1 Å². The van der Waals surface area contributed by atoms with E-state index >= 15 is 0 Å². The van der Waals surface area contributed by atoms with Gasteiger partial charge in [-0.2, -0.15) is 8.42 Å². The summed E-state index contributed by atoms with van der Waals surface area (Å²) in [5.41, 5.74) is 0.829. The Hall–Kier alpha value is -3.36. The summed E-state index contributed by atoms with van der Waals surface area (Å²) in [6.45, 7) is 4.43. The van der Waals surface area contributed by atoms with Crippen molar-refractivity contribution in [3.63, 3.8) is 0 Å². The highest BCUT2D eigenvalue weighted by molar-refractivity contribution is 9.10. The van der Waals surface area contributed by atoms with Gasteiger partial charge >= 0.3 is 16.1 Å². The van der Waals surface area contributed by atoms with Gasteiger partial charge in [0.1, 0.15) is 11.4 Å². The van der Waals surface area contributed by atoms with Crippen LogP contribution in [0.2, 0.25) is 0 Å². The van der Waals surface area contributed by atoms with Crippen LogP contribution in [0.5, 0.6) is 11.5 Å².